The highest BCUT2D eigenvalue weighted by molar-refractivity contribution is 7.22. The Balaban J connectivity index is 1.59. The number of rotatable bonds is 10. The molecule has 5 rings (SSSR count). The quantitative estimate of drug-likeness (QED) is 0.185. The first-order valence-corrected chi connectivity index (χ1v) is 13.2. The molecule has 0 saturated carbocycles. The second kappa shape index (κ2) is 11.4. The molecular formula is C31H26N2O5S. The van der Waals surface area contributed by atoms with Crippen LogP contribution in [0.5, 0.6) is 11.5 Å². The van der Waals surface area contributed by atoms with E-state index in [1.807, 2.05) is 55.5 Å². The van der Waals surface area contributed by atoms with Crippen molar-refractivity contribution in [1.82, 2.24) is 4.98 Å². The number of ether oxygens (including phenoxy) is 2. The van der Waals surface area contributed by atoms with E-state index in [0.29, 0.717) is 40.9 Å². The van der Waals surface area contributed by atoms with Crippen molar-refractivity contribution in [3.05, 3.63) is 114 Å². The highest BCUT2D eigenvalue weighted by Crippen LogP contribution is 2.44. The van der Waals surface area contributed by atoms with E-state index in [9.17, 15) is 14.7 Å². The van der Waals surface area contributed by atoms with Crippen LogP contribution in [0.1, 0.15) is 24.1 Å². The zero-order chi connectivity index (χ0) is 27.4. The molecule has 1 aliphatic rings. The lowest BCUT2D eigenvalue weighted by Gasteiger charge is -2.24. The molecule has 7 nitrogen and oxygen atoms in total. The predicted octanol–water partition coefficient (Wildman–Crippen LogP) is 6.44. The number of ketones is 1. The number of carbonyl (C=O) groups is 2. The molecule has 0 saturated heterocycles. The van der Waals surface area contributed by atoms with Crippen LogP contribution in [0.15, 0.2) is 103 Å². The van der Waals surface area contributed by atoms with Crippen LogP contribution >= 0.6 is 11.3 Å². The summed E-state index contributed by atoms with van der Waals surface area (Å²) in [4.78, 5) is 33.1. The Morgan fingerprint density at radius 2 is 1.87 bits per heavy atom. The Kier molecular flexibility index (Phi) is 7.56. The predicted molar refractivity (Wildman–Crippen MR) is 153 cm³/mol. The van der Waals surface area contributed by atoms with Crippen LogP contribution in [0.2, 0.25) is 0 Å². The van der Waals surface area contributed by atoms with Gasteiger partial charge in [0.05, 0.1) is 28.4 Å². The Morgan fingerprint density at radius 3 is 2.64 bits per heavy atom. The summed E-state index contributed by atoms with van der Waals surface area (Å²) in [7, 11) is 0. The second-order valence-corrected chi connectivity index (χ2v) is 9.69. The first-order chi connectivity index (χ1) is 19.0. The summed E-state index contributed by atoms with van der Waals surface area (Å²) < 4.78 is 12.1. The number of carbonyl (C=O) groups excluding carboxylic acids is 2. The third-order valence-corrected chi connectivity index (χ3v) is 7.13. The van der Waals surface area contributed by atoms with Crippen LogP contribution < -0.4 is 14.4 Å². The summed E-state index contributed by atoms with van der Waals surface area (Å²) in [6.07, 6.45) is 4.66. The zero-order valence-electron chi connectivity index (χ0n) is 21.2. The molecule has 1 N–H and O–H groups in total. The molecule has 1 atom stereocenters. The number of aliphatic hydroxyl groups is 1. The minimum atomic E-state index is -0.912. The Labute approximate surface area is 229 Å². The van der Waals surface area contributed by atoms with E-state index in [0.717, 1.165) is 10.3 Å². The van der Waals surface area contributed by atoms with Gasteiger partial charge in [-0.2, -0.15) is 0 Å². The van der Waals surface area contributed by atoms with Crippen molar-refractivity contribution < 1.29 is 24.2 Å². The third kappa shape index (κ3) is 5.32. The van der Waals surface area contributed by atoms with Crippen molar-refractivity contribution in [2.24, 2.45) is 0 Å². The minimum Gasteiger partial charge on any atom is -0.503 e. The van der Waals surface area contributed by atoms with E-state index in [2.05, 4.69) is 11.6 Å². The third-order valence-electron chi connectivity index (χ3n) is 6.11. The number of thiazole rings is 1. The highest BCUT2D eigenvalue weighted by atomic mass is 32.1. The lowest BCUT2D eigenvalue weighted by Crippen LogP contribution is -2.30. The van der Waals surface area contributed by atoms with Gasteiger partial charge < -0.3 is 14.6 Å². The standard InChI is InChI=1S/C31H26N2O5S/c1-3-17-38-22-12-8-11-21(18-22)28-27(25(34)16-13-20-9-6-5-7-10-20)29(35)30(36)33(28)31-32-24-15-14-23(37-4-2)19-26(24)39-31/h3,5-16,18-19,28,35H,1,4,17H2,2H3. The minimum absolute atomic E-state index is 0.0256. The SMILES string of the molecule is C=CCOc1cccc(C2C(C(=O)C=Cc3ccccc3)=C(O)C(=O)N2c2nc3ccc(OCC)cc3s2)c1. The van der Waals surface area contributed by atoms with Gasteiger partial charge >= 0.3 is 0 Å². The van der Waals surface area contributed by atoms with Gasteiger partial charge in [-0.3, -0.25) is 14.5 Å². The van der Waals surface area contributed by atoms with Gasteiger partial charge in [-0.25, -0.2) is 4.98 Å². The molecule has 1 unspecified atom stereocenters. The fourth-order valence-electron chi connectivity index (χ4n) is 4.38. The zero-order valence-corrected chi connectivity index (χ0v) is 22.1. The fourth-order valence-corrected chi connectivity index (χ4v) is 5.40. The van der Waals surface area contributed by atoms with Crippen molar-refractivity contribution in [3.63, 3.8) is 0 Å². The Bertz CT molecular complexity index is 1610. The van der Waals surface area contributed by atoms with E-state index in [-0.39, 0.29) is 5.57 Å². The number of hydrogen-bond donors (Lipinski definition) is 1. The fraction of sp³-hybridized carbons (Fsp3) is 0.129. The molecule has 1 aromatic heterocycles. The molecular weight excluding hydrogens is 512 g/mol. The lowest BCUT2D eigenvalue weighted by molar-refractivity contribution is -0.117. The molecule has 0 radical (unpaired) electrons. The highest BCUT2D eigenvalue weighted by Gasteiger charge is 2.45. The summed E-state index contributed by atoms with van der Waals surface area (Å²) in [5.74, 6) is -0.537. The summed E-state index contributed by atoms with van der Waals surface area (Å²) in [6, 6.07) is 21.0. The molecule has 3 aromatic carbocycles. The number of hydrogen-bond acceptors (Lipinski definition) is 7. The molecule has 1 aliphatic heterocycles. The number of aliphatic hydroxyl groups excluding tert-OH is 1. The maximum absolute atomic E-state index is 13.5. The van der Waals surface area contributed by atoms with E-state index in [1.54, 1.807) is 36.4 Å². The molecule has 2 heterocycles. The molecule has 39 heavy (non-hydrogen) atoms. The average molecular weight is 539 g/mol. The van der Waals surface area contributed by atoms with Gasteiger partial charge in [0.2, 0.25) is 0 Å². The lowest BCUT2D eigenvalue weighted by atomic mass is 9.95. The smallest absolute Gasteiger partial charge is 0.296 e. The normalized spacial score (nSPS) is 15.4. The van der Waals surface area contributed by atoms with E-state index < -0.39 is 23.5 Å². The van der Waals surface area contributed by atoms with Crippen LogP contribution in [-0.2, 0) is 9.59 Å². The monoisotopic (exact) mass is 538 g/mol. The van der Waals surface area contributed by atoms with Crippen LogP contribution in [0.4, 0.5) is 5.13 Å². The van der Waals surface area contributed by atoms with Crippen LogP contribution in [-0.4, -0.2) is 35.0 Å². The first kappa shape index (κ1) is 25.9. The molecule has 1 amide bonds. The van der Waals surface area contributed by atoms with Gasteiger partial charge in [0, 0.05) is 0 Å². The van der Waals surface area contributed by atoms with Gasteiger partial charge in [0.1, 0.15) is 18.1 Å². The van der Waals surface area contributed by atoms with Crippen molar-refractivity contribution >= 4 is 44.5 Å². The average Bonchev–Trinajstić information content (AvgIpc) is 3.49. The number of amides is 1. The molecule has 8 heteroatoms. The van der Waals surface area contributed by atoms with E-state index >= 15 is 0 Å². The van der Waals surface area contributed by atoms with Crippen molar-refractivity contribution in [2.45, 2.75) is 13.0 Å². The van der Waals surface area contributed by atoms with Gasteiger partial charge in [0.25, 0.3) is 5.91 Å². The number of fused-ring (bicyclic) bond motifs is 1. The van der Waals surface area contributed by atoms with Crippen molar-refractivity contribution in [3.8, 4) is 11.5 Å². The molecule has 0 bridgehead atoms. The second-order valence-electron chi connectivity index (χ2n) is 8.68. The summed E-state index contributed by atoms with van der Waals surface area (Å²) in [5, 5.41) is 11.4. The topological polar surface area (TPSA) is 89.0 Å². The molecule has 196 valence electrons. The maximum Gasteiger partial charge on any atom is 0.296 e. The van der Waals surface area contributed by atoms with E-state index in [1.165, 1.54) is 22.3 Å². The maximum atomic E-state index is 13.5. The Morgan fingerprint density at radius 1 is 1.08 bits per heavy atom. The van der Waals surface area contributed by atoms with Gasteiger partial charge in [-0.15, -0.1) is 0 Å². The molecule has 0 spiro atoms. The number of nitrogens with zero attached hydrogens (tertiary/aromatic N) is 2. The molecule has 4 aromatic rings. The van der Waals surface area contributed by atoms with Crippen LogP contribution in [0, 0.1) is 0 Å². The van der Waals surface area contributed by atoms with Crippen molar-refractivity contribution in [2.75, 3.05) is 18.1 Å². The van der Waals surface area contributed by atoms with Gasteiger partial charge in [-0.1, -0.05) is 72.5 Å². The van der Waals surface area contributed by atoms with E-state index in [4.69, 9.17) is 9.47 Å². The number of benzene rings is 3. The summed E-state index contributed by atoms with van der Waals surface area (Å²) in [6.45, 7) is 6.40. The number of aromatic nitrogens is 1. The van der Waals surface area contributed by atoms with Crippen molar-refractivity contribution in [1.29, 1.82) is 0 Å². The van der Waals surface area contributed by atoms with Gasteiger partial charge in [-0.05, 0) is 54.5 Å². The molecule has 0 fully saturated rings. The van der Waals surface area contributed by atoms with Gasteiger partial charge in [0.15, 0.2) is 16.7 Å². The molecule has 0 aliphatic carbocycles. The van der Waals surface area contributed by atoms with Crippen LogP contribution in [0.3, 0.4) is 0 Å². The summed E-state index contributed by atoms with van der Waals surface area (Å²) >= 11 is 1.28. The number of anilines is 1. The van der Waals surface area contributed by atoms with Crippen LogP contribution in [0.25, 0.3) is 16.3 Å². The first-order valence-electron chi connectivity index (χ1n) is 12.4. The largest absolute Gasteiger partial charge is 0.503 e. The Hall–Kier alpha value is -4.69. The number of allylic oxidation sites excluding steroid dienone is 1. The summed E-state index contributed by atoms with van der Waals surface area (Å²) in [5.41, 5.74) is 2.07.